The monoisotopic (exact) mass is 413 g/mol. The molecule has 0 atom stereocenters. The number of benzene rings is 1. The number of aliphatic imine (C=N–C) groups is 1. The molecule has 1 fully saturated rings. The zero-order chi connectivity index (χ0) is 20.9. The van der Waals surface area contributed by atoms with E-state index >= 15 is 0 Å². The molecular weight excluding hydrogens is 393 g/mol. The maximum atomic E-state index is 13.8. The van der Waals surface area contributed by atoms with E-state index < -0.39 is 5.95 Å². The van der Waals surface area contributed by atoms with Crippen LogP contribution in [0.1, 0.15) is 35.6 Å². The van der Waals surface area contributed by atoms with Gasteiger partial charge < -0.3 is 4.90 Å². The maximum Gasteiger partial charge on any atom is 0.248 e. The minimum atomic E-state index is -0.502. The van der Waals surface area contributed by atoms with Gasteiger partial charge in [-0.25, -0.2) is 9.97 Å². The van der Waals surface area contributed by atoms with Crippen molar-refractivity contribution in [3.05, 3.63) is 77.9 Å². The van der Waals surface area contributed by atoms with Gasteiger partial charge >= 0.3 is 0 Å². The highest BCUT2D eigenvalue weighted by molar-refractivity contribution is 6.06. The fourth-order valence-corrected chi connectivity index (χ4v) is 4.45. The lowest BCUT2D eigenvalue weighted by molar-refractivity contribution is -0.126. The van der Waals surface area contributed by atoms with Crippen molar-refractivity contribution in [2.45, 2.75) is 25.2 Å². The summed E-state index contributed by atoms with van der Waals surface area (Å²) in [6.07, 6.45) is 10.3. The van der Waals surface area contributed by atoms with Gasteiger partial charge in [0.15, 0.2) is 0 Å². The fraction of sp³-hybridized carbons (Fsp3) is 0.250. The number of imidazole rings is 1. The molecule has 1 saturated carbocycles. The molecule has 3 aliphatic rings. The second kappa shape index (κ2) is 6.97. The quantitative estimate of drug-likeness (QED) is 0.603. The van der Waals surface area contributed by atoms with E-state index in [1.54, 1.807) is 6.33 Å². The number of pyridine rings is 1. The highest BCUT2D eigenvalue weighted by atomic mass is 19.1. The number of fused-ring (bicyclic) bond motifs is 3. The number of nitrogens with zero attached hydrogens (tertiary/aromatic N) is 5. The second-order valence-electron chi connectivity index (χ2n) is 8.18. The Bertz CT molecular complexity index is 1270. The molecule has 0 bridgehead atoms. The van der Waals surface area contributed by atoms with Gasteiger partial charge in [-0.05, 0) is 42.0 Å². The van der Waals surface area contributed by atoms with Gasteiger partial charge in [0.25, 0.3) is 0 Å². The molecule has 1 aliphatic carbocycles. The van der Waals surface area contributed by atoms with Crippen LogP contribution in [0.25, 0.3) is 16.8 Å². The van der Waals surface area contributed by atoms with E-state index in [0.717, 1.165) is 33.6 Å². The van der Waals surface area contributed by atoms with Gasteiger partial charge in [0.1, 0.15) is 18.7 Å². The summed E-state index contributed by atoms with van der Waals surface area (Å²) in [6.45, 7) is 0.680. The minimum Gasteiger partial charge on any atom is -0.310 e. The van der Waals surface area contributed by atoms with Crippen LogP contribution in [0.4, 0.5) is 4.39 Å². The van der Waals surface area contributed by atoms with Crippen LogP contribution in [0.5, 0.6) is 0 Å². The molecule has 154 valence electrons. The third kappa shape index (κ3) is 3.17. The van der Waals surface area contributed by atoms with Crippen molar-refractivity contribution >= 4 is 17.4 Å². The minimum absolute atomic E-state index is 0.0187. The van der Waals surface area contributed by atoms with Crippen molar-refractivity contribution in [1.29, 1.82) is 0 Å². The van der Waals surface area contributed by atoms with Crippen molar-refractivity contribution in [2.75, 3.05) is 13.1 Å². The van der Waals surface area contributed by atoms with Gasteiger partial charge in [0, 0.05) is 42.6 Å². The molecule has 0 spiro atoms. The molecule has 0 unspecified atom stereocenters. The predicted molar refractivity (Wildman–Crippen MR) is 115 cm³/mol. The molecule has 3 aromatic rings. The number of hydrogen-bond acceptors (Lipinski definition) is 4. The highest BCUT2D eigenvalue weighted by Crippen LogP contribution is 2.39. The Kier molecular flexibility index (Phi) is 4.09. The second-order valence-corrected chi connectivity index (χ2v) is 8.18. The topological polar surface area (TPSA) is 63.4 Å². The highest BCUT2D eigenvalue weighted by Gasteiger charge is 2.30. The number of halogens is 1. The Morgan fingerprint density at radius 1 is 1.10 bits per heavy atom. The van der Waals surface area contributed by atoms with Gasteiger partial charge in [0.2, 0.25) is 11.9 Å². The number of carbonyl (C=O) groups is 1. The zero-order valence-corrected chi connectivity index (χ0v) is 16.8. The molecule has 0 saturated heterocycles. The summed E-state index contributed by atoms with van der Waals surface area (Å²) in [5.41, 5.74) is 5.75. The van der Waals surface area contributed by atoms with Crippen LogP contribution in [0.3, 0.4) is 0 Å². The summed E-state index contributed by atoms with van der Waals surface area (Å²) in [7, 11) is 0. The first-order valence-electron chi connectivity index (χ1n) is 10.5. The molecule has 7 heteroatoms. The van der Waals surface area contributed by atoms with Crippen molar-refractivity contribution < 1.29 is 9.18 Å². The molecule has 1 aromatic carbocycles. The molecule has 31 heavy (non-hydrogen) atoms. The van der Waals surface area contributed by atoms with Crippen LogP contribution in [-0.2, 0) is 11.2 Å². The third-order valence-electron chi connectivity index (χ3n) is 6.17. The largest absolute Gasteiger partial charge is 0.310 e. The smallest absolute Gasteiger partial charge is 0.248 e. The van der Waals surface area contributed by atoms with Crippen LogP contribution < -0.4 is 0 Å². The molecule has 6 nitrogen and oxygen atoms in total. The van der Waals surface area contributed by atoms with Crippen molar-refractivity contribution in [1.82, 2.24) is 19.4 Å². The Hall–Kier alpha value is -3.61. The Balaban J connectivity index is 1.46. The molecule has 0 N–H and O–H groups in total. The number of hydrogen-bond donors (Lipinski definition) is 0. The molecular formula is C24H20FN5O. The average molecular weight is 413 g/mol. The predicted octanol–water partition coefficient (Wildman–Crippen LogP) is 3.65. The first-order valence-corrected chi connectivity index (χ1v) is 10.5. The van der Waals surface area contributed by atoms with E-state index in [1.165, 1.54) is 25.1 Å². The Morgan fingerprint density at radius 2 is 1.97 bits per heavy atom. The van der Waals surface area contributed by atoms with E-state index in [-0.39, 0.29) is 12.5 Å². The SMILES string of the molecule is O=C1CN=C(n2cnc(C3CC3)c2)C=C2c3cccc(-c4ccnc(F)c4)c3CCN12. The first-order chi connectivity index (χ1) is 15.2. The van der Waals surface area contributed by atoms with Crippen LogP contribution in [-0.4, -0.2) is 44.3 Å². The van der Waals surface area contributed by atoms with Crippen LogP contribution >= 0.6 is 0 Å². The lowest BCUT2D eigenvalue weighted by atomic mass is 9.89. The van der Waals surface area contributed by atoms with Gasteiger partial charge in [-0.3, -0.25) is 14.4 Å². The first kappa shape index (κ1) is 18.2. The van der Waals surface area contributed by atoms with E-state index in [0.29, 0.717) is 24.7 Å². The molecule has 2 aliphatic heterocycles. The van der Waals surface area contributed by atoms with E-state index in [9.17, 15) is 9.18 Å². The van der Waals surface area contributed by atoms with E-state index in [2.05, 4.69) is 15.0 Å². The number of carbonyl (C=O) groups excluding carboxylic acids is 1. The lowest BCUT2D eigenvalue weighted by Crippen LogP contribution is -2.36. The molecule has 1 amide bonds. The molecule has 6 rings (SSSR count). The van der Waals surface area contributed by atoms with Gasteiger partial charge in [-0.15, -0.1) is 0 Å². The van der Waals surface area contributed by atoms with Crippen molar-refractivity contribution in [3.63, 3.8) is 0 Å². The molecule has 4 heterocycles. The van der Waals surface area contributed by atoms with Gasteiger partial charge in [0.05, 0.1) is 11.4 Å². The normalized spacial score (nSPS) is 18.1. The summed E-state index contributed by atoms with van der Waals surface area (Å²) in [5.74, 6) is 0.739. The van der Waals surface area contributed by atoms with Crippen molar-refractivity contribution in [2.24, 2.45) is 4.99 Å². The van der Waals surface area contributed by atoms with Gasteiger partial charge in [-0.2, -0.15) is 4.39 Å². The summed E-state index contributed by atoms with van der Waals surface area (Å²) in [6, 6.07) is 9.23. The third-order valence-corrected chi connectivity index (χ3v) is 6.17. The number of rotatable bonds is 2. The number of amides is 1. The maximum absolute atomic E-state index is 13.8. The Morgan fingerprint density at radius 3 is 2.81 bits per heavy atom. The number of allylic oxidation sites excluding steroid dienone is 1. The van der Waals surface area contributed by atoms with E-state index in [4.69, 9.17) is 0 Å². The summed E-state index contributed by atoms with van der Waals surface area (Å²) < 4.78 is 15.7. The summed E-state index contributed by atoms with van der Waals surface area (Å²) >= 11 is 0. The summed E-state index contributed by atoms with van der Waals surface area (Å²) in [4.78, 5) is 27.4. The number of aromatic nitrogens is 3. The van der Waals surface area contributed by atoms with Gasteiger partial charge in [-0.1, -0.05) is 18.2 Å². The average Bonchev–Trinajstić information content (AvgIpc) is 3.55. The van der Waals surface area contributed by atoms with Crippen LogP contribution in [0.15, 0.2) is 60.1 Å². The van der Waals surface area contributed by atoms with Crippen LogP contribution in [0, 0.1) is 5.95 Å². The fourth-order valence-electron chi connectivity index (χ4n) is 4.45. The zero-order valence-electron chi connectivity index (χ0n) is 16.8. The van der Waals surface area contributed by atoms with E-state index in [1.807, 2.05) is 46.0 Å². The lowest BCUT2D eigenvalue weighted by Gasteiger charge is -2.32. The van der Waals surface area contributed by atoms with Crippen molar-refractivity contribution in [3.8, 4) is 11.1 Å². The Labute approximate surface area is 178 Å². The van der Waals surface area contributed by atoms with Crippen LogP contribution in [0.2, 0.25) is 0 Å². The summed E-state index contributed by atoms with van der Waals surface area (Å²) in [5, 5.41) is 0. The molecule has 0 radical (unpaired) electrons. The standard InChI is InChI=1S/C24H20FN5O/c25-22-10-16(6-8-26-22)17-2-1-3-19-18(17)7-9-30-21(19)11-23(27-12-24(30)31)29-13-20(28-14-29)15-4-5-15/h1-3,6,8,10-11,13-15H,4-5,7,9,12H2. The molecule has 2 aromatic heterocycles.